The number of benzene rings is 3. The van der Waals surface area contributed by atoms with Crippen molar-refractivity contribution in [1.82, 2.24) is 0 Å². The van der Waals surface area contributed by atoms with E-state index in [1.54, 1.807) is 0 Å². The van der Waals surface area contributed by atoms with Crippen LogP contribution < -0.4 is 5.32 Å². The molecular formula is C20H17N. The Bertz CT molecular complexity index is 730. The van der Waals surface area contributed by atoms with E-state index in [1.807, 2.05) is 30.3 Å². The molecule has 3 aromatic carbocycles. The molecule has 0 amide bonds. The second-order valence-corrected chi connectivity index (χ2v) is 4.87. The normalized spacial score (nSPS) is 10.1. The van der Waals surface area contributed by atoms with Crippen molar-refractivity contribution in [3.8, 4) is 11.1 Å². The van der Waals surface area contributed by atoms with Crippen molar-refractivity contribution < 1.29 is 0 Å². The summed E-state index contributed by atoms with van der Waals surface area (Å²) in [6.45, 7) is 3.86. The summed E-state index contributed by atoms with van der Waals surface area (Å²) < 4.78 is 0. The molecule has 1 nitrogen and oxygen atoms in total. The smallest absolute Gasteiger partial charge is 0.0464 e. The quantitative estimate of drug-likeness (QED) is 0.638. The molecule has 0 aliphatic carbocycles. The molecule has 0 fully saturated rings. The zero-order valence-corrected chi connectivity index (χ0v) is 11.8. The maximum absolute atomic E-state index is 3.86. The molecule has 0 heterocycles. The first-order valence-electron chi connectivity index (χ1n) is 7.01. The monoisotopic (exact) mass is 271 g/mol. The largest absolute Gasteiger partial charge is 0.355 e. The van der Waals surface area contributed by atoms with Gasteiger partial charge < -0.3 is 5.32 Å². The van der Waals surface area contributed by atoms with Crippen LogP contribution in [0.4, 0.5) is 11.4 Å². The van der Waals surface area contributed by atoms with Crippen LogP contribution in [-0.4, -0.2) is 0 Å². The minimum absolute atomic E-state index is 1.08. The van der Waals surface area contributed by atoms with E-state index in [1.165, 1.54) is 11.1 Å². The van der Waals surface area contributed by atoms with Crippen LogP contribution in [0.2, 0.25) is 0 Å². The van der Waals surface area contributed by atoms with Crippen molar-refractivity contribution in [2.75, 3.05) is 5.32 Å². The number of anilines is 2. The fourth-order valence-corrected chi connectivity index (χ4v) is 2.33. The molecule has 0 aromatic heterocycles. The maximum Gasteiger partial charge on any atom is 0.0464 e. The van der Waals surface area contributed by atoms with Gasteiger partial charge in [0.05, 0.1) is 0 Å². The Kier molecular flexibility index (Phi) is 3.83. The Morgan fingerprint density at radius 2 is 1.43 bits per heavy atom. The first-order chi connectivity index (χ1) is 10.4. The number of rotatable bonds is 4. The third-order valence-electron chi connectivity index (χ3n) is 3.42. The Balaban J connectivity index is 2.06. The summed E-state index contributed by atoms with van der Waals surface area (Å²) >= 11 is 0. The van der Waals surface area contributed by atoms with Gasteiger partial charge in [-0.1, -0.05) is 67.3 Å². The summed E-state index contributed by atoms with van der Waals surface area (Å²) in [6, 6.07) is 26.9. The third kappa shape index (κ3) is 3.03. The Morgan fingerprint density at radius 3 is 2.10 bits per heavy atom. The van der Waals surface area contributed by atoms with Gasteiger partial charge in [-0.15, -0.1) is 0 Å². The SMILES string of the molecule is C=Cc1ccc(Nc2ccccc2)c(-c2ccccc2)c1. The van der Waals surface area contributed by atoms with Crippen LogP contribution in [0.1, 0.15) is 5.56 Å². The van der Waals surface area contributed by atoms with Gasteiger partial charge in [0.2, 0.25) is 0 Å². The molecule has 0 spiro atoms. The van der Waals surface area contributed by atoms with Gasteiger partial charge in [0.1, 0.15) is 0 Å². The summed E-state index contributed by atoms with van der Waals surface area (Å²) in [5.41, 5.74) is 5.67. The molecule has 3 rings (SSSR count). The molecule has 0 saturated heterocycles. The van der Waals surface area contributed by atoms with Crippen molar-refractivity contribution in [2.24, 2.45) is 0 Å². The van der Waals surface area contributed by atoms with Gasteiger partial charge in [0.25, 0.3) is 0 Å². The molecule has 0 radical (unpaired) electrons. The number of hydrogen-bond donors (Lipinski definition) is 1. The topological polar surface area (TPSA) is 12.0 Å². The van der Waals surface area contributed by atoms with Gasteiger partial charge >= 0.3 is 0 Å². The third-order valence-corrected chi connectivity index (χ3v) is 3.42. The van der Waals surface area contributed by atoms with Gasteiger partial charge in [-0.2, -0.15) is 0 Å². The predicted octanol–water partition coefficient (Wildman–Crippen LogP) is 5.74. The van der Waals surface area contributed by atoms with Crippen molar-refractivity contribution in [2.45, 2.75) is 0 Å². The number of hydrogen-bond acceptors (Lipinski definition) is 1. The standard InChI is InChI=1S/C20H17N/c1-2-16-13-14-20(21-18-11-7-4-8-12-18)19(15-16)17-9-5-3-6-10-17/h2-15,21H,1H2. The highest BCUT2D eigenvalue weighted by Gasteiger charge is 2.06. The summed E-state index contributed by atoms with van der Waals surface area (Å²) in [5, 5.41) is 3.49. The first-order valence-corrected chi connectivity index (χ1v) is 7.01. The highest BCUT2D eigenvalue weighted by Crippen LogP contribution is 2.31. The lowest BCUT2D eigenvalue weighted by Crippen LogP contribution is -1.93. The van der Waals surface area contributed by atoms with Crippen LogP contribution in [0.5, 0.6) is 0 Å². The van der Waals surface area contributed by atoms with E-state index in [9.17, 15) is 0 Å². The van der Waals surface area contributed by atoms with Crippen LogP contribution >= 0.6 is 0 Å². The van der Waals surface area contributed by atoms with Gasteiger partial charge in [0, 0.05) is 16.9 Å². The molecule has 3 aromatic rings. The lowest BCUT2D eigenvalue weighted by atomic mass is 10.0. The minimum Gasteiger partial charge on any atom is -0.355 e. The second-order valence-electron chi connectivity index (χ2n) is 4.87. The van der Waals surface area contributed by atoms with Gasteiger partial charge in [0.15, 0.2) is 0 Å². The van der Waals surface area contributed by atoms with Crippen LogP contribution in [0.25, 0.3) is 17.2 Å². The number of para-hydroxylation sites is 1. The molecule has 0 saturated carbocycles. The van der Waals surface area contributed by atoms with E-state index in [2.05, 4.69) is 66.5 Å². The highest BCUT2D eigenvalue weighted by atomic mass is 14.9. The van der Waals surface area contributed by atoms with E-state index in [4.69, 9.17) is 0 Å². The van der Waals surface area contributed by atoms with E-state index in [0.29, 0.717) is 0 Å². The average molecular weight is 271 g/mol. The Labute approximate surface area is 125 Å². The van der Waals surface area contributed by atoms with Gasteiger partial charge in [-0.05, 0) is 35.4 Å². The first kappa shape index (κ1) is 13.2. The average Bonchev–Trinajstić information content (AvgIpc) is 2.57. The molecule has 0 aliphatic rings. The van der Waals surface area contributed by atoms with Crippen molar-refractivity contribution >= 4 is 17.5 Å². The maximum atomic E-state index is 3.86. The minimum atomic E-state index is 1.08. The number of nitrogens with one attached hydrogen (secondary N) is 1. The van der Waals surface area contributed by atoms with E-state index in [-0.39, 0.29) is 0 Å². The summed E-state index contributed by atoms with van der Waals surface area (Å²) in [4.78, 5) is 0. The zero-order chi connectivity index (χ0) is 14.5. The van der Waals surface area contributed by atoms with E-state index < -0.39 is 0 Å². The molecule has 1 N–H and O–H groups in total. The Hall–Kier alpha value is -2.80. The predicted molar refractivity (Wildman–Crippen MR) is 91.7 cm³/mol. The molecule has 0 atom stereocenters. The van der Waals surface area contributed by atoms with Gasteiger partial charge in [-0.25, -0.2) is 0 Å². The molecule has 21 heavy (non-hydrogen) atoms. The molecule has 1 heteroatoms. The van der Waals surface area contributed by atoms with Crippen molar-refractivity contribution in [3.05, 3.63) is 91.0 Å². The highest BCUT2D eigenvalue weighted by molar-refractivity contribution is 5.82. The lowest BCUT2D eigenvalue weighted by Gasteiger charge is -2.13. The fourth-order valence-electron chi connectivity index (χ4n) is 2.33. The summed E-state index contributed by atoms with van der Waals surface area (Å²) in [5.74, 6) is 0. The van der Waals surface area contributed by atoms with Crippen LogP contribution in [0.15, 0.2) is 85.4 Å². The fraction of sp³-hybridized carbons (Fsp3) is 0. The molecular weight excluding hydrogens is 254 g/mol. The van der Waals surface area contributed by atoms with E-state index >= 15 is 0 Å². The summed E-state index contributed by atoms with van der Waals surface area (Å²) in [6.07, 6.45) is 1.87. The van der Waals surface area contributed by atoms with E-state index in [0.717, 1.165) is 16.9 Å². The van der Waals surface area contributed by atoms with Crippen LogP contribution in [0, 0.1) is 0 Å². The molecule has 0 bridgehead atoms. The van der Waals surface area contributed by atoms with Crippen molar-refractivity contribution in [1.29, 1.82) is 0 Å². The second kappa shape index (κ2) is 6.10. The van der Waals surface area contributed by atoms with Crippen molar-refractivity contribution in [3.63, 3.8) is 0 Å². The van der Waals surface area contributed by atoms with Crippen LogP contribution in [-0.2, 0) is 0 Å². The van der Waals surface area contributed by atoms with Gasteiger partial charge in [-0.3, -0.25) is 0 Å². The van der Waals surface area contributed by atoms with Crippen LogP contribution in [0.3, 0.4) is 0 Å². The molecule has 102 valence electrons. The molecule has 0 unspecified atom stereocenters. The zero-order valence-electron chi connectivity index (χ0n) is 11.8. The Morgan fingerprint density at radius 1 is 0.762 bits per heavy atom. The molecule has 0 aliphatic heterocycles. The summed E-state index contributed by atoms with van der Waals surface area (Å²) in [7, 11) is 0. The lowest BCUT2D eigenvalue weighted by molar-refractivity contribution is 1.52.